The number of allylic oxidation sites excluding steroid dienone is 4. The van der Waals surface area contributed by atoms with Crippen LogP contribution in [0.15, 0.2) is 24.3 Å². The maximum atomic E-state index is 10.3. The Bertz CT molecular complexity index is 243. The number of carbonyl (C=O) groups is 1. The fraction of sp³-hybridized carbons (Fsp3) is 0.615. The molecule has 3 atom stereocenters. The largest absolute Gasteiger partial charge is 0.464 e. The minimum atomic E-state index is 0.108. The third kappa shape index (κ3) is 3.54. The van der Waals surface area contributed by atoms with Gasteiger partial charge in [-0.2, -0.15) is 0 Å². The average Bonchev–Trinajstić information content (AvgIpc) is 2.24. The van der Waals surface area contributed by atoms with Crippen molar-refractivity contribution in [1.29, 1.82) is 0 Å². The third-order valence-corrected chi connectivity index (χ3v) is 3.18. The molecule has 2 nitrogen and oxygen atoms in total. The molecule has 0 N–H and O–H groups in total. The molecular formula is C13H20O2. The first-order valence-electron chi connectivity index (χ1n) is 5.68. The van der Waals surface area contributed by atoms with Crippen LogP contribution in [-0.4, -0.2) is 12.6 Å². The molecule has 0 aliphatic heterocycles. The monoisotopic (exact) mass is 208 g/mol. The molecule has 0 amide bonds. The standard InChI is InChI=1S/C13H20O2/c1-3-4-5-7-12-8-6-9-13(11(12)2)15-10-14/h3-5,7,10-13H,6,8-9H2,1-2H3/b4-3+,7-5+/t11-,12+,13-/m1/s1. The lowest BCUT2D eigenvalue weighted by atomic mass is 9.78. The van der Waals surface area contributed by atoms with Crippen LogP contribution in [0.5, 0.6) is 0 Å². The van der Waals surface area contributed by atoms with E-state index in [1.807, 2.05) is 19.1 Å². The summed E-state index contributed by atoms with van der Waals surface area (Å²) in [7, 11) is 0. The molecule has 0 heterocycles. The maximum Gasteiger partial charge on any atom is 0.293 e. The normalized spacial score (nSPS) is 32.3. The van der Waals surface area contributed by atoms with Crippen molar-refractivity contribution >= 4 is 6.47 Å². The summed E-state index contributed by atoms with van der Waals surface area (Å²) in [5.41, 5.74) is 0. The predicted octanol–water partition coefficient (Wildman–Crippen LogP) is 3.10. The van der Waals surface area contributed by atoms with Crippen LogP contribution in [-0.2, 0) is 9.53 Å². The van der Waals surface area contributed by atoms with E-state index in [4.69, 9.17) is 4.74 Å². The van der Waals surface area contributed by atoms with Crippen LogP contribution in [0.25, 0.3) is 0 Å². The molecule has 0 spiro atoms. The number of rotatable bonds is 4. The van der Waals surface area contributed by atoms with Gasteiger partial charge in [0.25, 0.3) is 6.47 Å². The molecule has 84 valence electrons. The number of carbonyl (C=O) groups excluding carboxylic acids is 1. The van der Waals surface area contributed by atoms with Gasteiger partial charge in [0, 0.05) is 0 Å². The zero-order valence-corrected chi connectivity index (χ0v) is 9.56. The van der Waals surface area contributed by atoms with Crippen molar-refractivity contribution in [1.82, 2.24) is 0 Å². The molecule has 1 rings (SSSR count). The van der Waals surface area contributed by atoms with Crippen LogP contribution >= 0.6 is 0 Å². The van der Waals surface area contributed by atoms with Gasteiger partial charge in [0.05, 0.1) is 0 Å². The van der Waals surface area contributed by atoms with E-state index in [0.29, 0.717) is 18.3 Å². The Hall–Kier alpha value is -1.05. The van der Waals surface area contributed by atoms with E-state index in [9.17, 15) is 4.79 Å². The minimum Gasteiger partial charge on any atom is -0.464 e. The molecule has 0 aromatic rings. The van der Waals surface area contributed by atoms with Gasteiger partial charge in [-0.1, -0.05) is 31.2 Å². The molecule has 1 saturated carbocycles. The van der Waals surface area contributed by atoms with Crippen LogP contribution in [0.3, 0.4) is 0 Å². The van der Waals surface area contributed by atoms with Crippen molar-refractivity contribution in [2.75, 3.05) is 0 Å². The molecule has 1 aliphatic rings. The summed E-state index contributed by atoms with van der Waals surface area (Å²) >= 11 is 0. The highest BCUT2D eigenvalue weighted by Gasteiger charge is 2.29. The zero-order valence-electron chi connectivity index (χ0n) is 9.56. The molecule has 1 aliphatic carbocycles. The van der Waals surface area contributed by atoms with Crippen molar-refractivity contribution in [2.45, 2.75) is 39.2 Å². The second kappa shape index (κ2) is 6.44. The number of ether oxygens (including phenoxy) is 1. The van der Waals surface area contributed by atoms with E-state index in [1.165, 1.54) is 6.42 Å². The highest BCUT2D eigenvalue weighted by atomic mass is 16.5. The van der Waals surface area contributed by atoms with E-state index >= 15 is 0 Å². The van der Waals surface area contributed by atoms with Crippen LogP contribution < -0.4 is 0 Å². The summed E-state index contributed by atoms with van der Waals surface area (Å²) in [6.45, 7) is 4.75. The average molecular weight is 208 g/mol. The van der Waals surface area contributed by atoms with E-state index in [1.54, 1.807) is 0 Å². The first-order valence-corrected chi connectivity index (χ1v) is 5.68. The lowest BCUT2D eigenvalue weighted by Gasteiger charge is -2.32. The highest BCUT2D eigenvalue weighted by Crippen LogP contribution is 2.32. The summed E-state index contributed by atoms with van der Waals surface area (Å²) in [6.07, 6.45) is 11.8. The Morgan fingerprint density at radius 3 is 2.73 bits per heavy atom. The molecule has 2 heteroatoms. The van der Waals surface area contributed by atoms with Crippen molar-refractivity contribution in [3.8, 4) is 0 Å². The molecule has 0 aromatic heterocycles. The molecular weight excluding hydrogens is 188 g/mol. The third-order valence-electron chi connectivity index (χ3n) is 3.18. The molecule has 0 unspecified atom stereocenters. The first-order chi connectivity index (χ1) is 7.29. The topological polar surface area (TPSA) is 26.3 Å². The van der Waals surface area contributed by atoms with Gasteiger partial charge in [-0.05, 0) is 38.0 Å². The Morgan fingerprint density at radius 1 is 1.27 bits per heavy atom. The van der Waals surface area contributed by atoms with E-state index in [2.05, 4.69) is 19.1 Å². The van der Waals surface area contributed by atoms with Crippen molar-refractivity contribution in [2.24, 2.45) is 11.8 Å². The molecule has 1 fully saturated rings. The number of hydrogen-bond donors (Lipinski definition) is 0. The minimum absolute atomic E-state index is 0.108. The Kier molecular flexibility index (Phi) is 5.16. The van der Waals surface area contributed by atoms with E-state index in [0.717, 1.165) is 12.8 Å². The Balaban J connectivity index is 2.53. The number of hydrogen-bond acceptors (Lipinski definition) is 2. The fourth-order valence-corrected chi connectivity index (χ4v) is 2.21. The van der Waals surface area contributed by atoms with Crippen LogP contribution in [0, 0.1) is 11.8 Å². The lowest BCUT2D eigenvalue weighted by molar-refractivity contribution is -0.138. The van der Waals surface area contributed by atoms with Gasteiger partial charge in [-0.25, -0.2) is 0 Å². The van der Waals surface area contributed by atoms with Gasteiger partial charge < -0.3 is 4.74 Å². The quantitative estimate of drug-likeness (QED) is 0.524. The van der Waals surface area contributed by atoms with Gasteiger partial charge in [-0.15, -0.1) is 0 Å². The smallest absolute Gasteiger partial charge is 0.293 e. The van der Waals surface area contributed by atoms with E-state index in [-0.39, 0.29) is 6.10 Å². The van der Waals surface area contributed by atoms with Gasteiger partial charge in [0.2, 0.25) is 0 Å². The summed E-state index contributed by atoms with van der Waals surface area (Å²) in [6, 6.07) is 0. The second-order valence-electron chi connectivity index (χ2n) is 4.14. The predicted molar refractivity (Wildman–Crippen MR) is 61.4 cm³/mol. The zero-order chi connectivity index (χ0) is 11.1. The van der Waals surface area contributed by atoms with Gasteiger partial charge in [0.1, 0.15) is 6.10 Å². The Morgan fingerprint density at radius 2 is 2.07 bits per heavy atom. The fourth-order valence-electron chi connectivity index (χ4n) is 2.21. The summed E-state index contributed by atoms with van der Waals surface area (Å²) in [5, 5.41) is 0. The summed E-state index contributed by atoms with van der Waals surface area (Å²) < 4.78 is 5.10. The van der Waals surface area contributed by atoms with Gasteiger partial charge >= 0.3 is 0 Å². The highest BCUT2D eigenvalue weighted by molar-refractivity contribution is 5.37. The van der Waals surface area contributed by atoms with Crippen LogP contribution in [0.1, 0.15) is 33.1 Å². The SMILES string of the molecule is C/C=C/C=C/[C@H]1CCC[C@@H](OC=O)[C@@H]1C. The summed E-state index contributed by atoms with van der Waals surface area (Å²) in [5.74, 6) is 0.977. The van der Waals surface area contributed by atoms with Crippen molar-refractivity contribution < 1.29 is 9.53 Å². The first kappa shape index (κ1) is 12.0. The van der Waals surface area contributed by atoms with Gasteiger partial charge in [-0.3, -0.25) is 4.79 Å². The molecule has 15 heavy (non-hydrogen) atoms. The molecule has 0 aromatic carbocycles. The second-order valence-corrected chi connectivity index (χ2v) is 4.14. The van der Waals surface area contributed by atoms with Crippen molar-refractivity contribution in [3.05, 3.63) is 24.3 Å². The van der Waals surface area contributed by atoms with Crippen LogP contribution in [0.4, 0.5) is 0 Å². The molecule has 0 bridgehead atoms. The molecule has 0 saturated heterocycles. The van der Waals surface area contributed by atoms with Gasteiger partial charge in [0.15, 0.2) is 0 Å². The molecule has 0 radical (unpaired) electrons. The van der Waals surface area contributed by atoms with Crippen molar-refractivity contribution in [3.63, 3.8) is 0 Å². The Labute approximate surface area is 92.0 Å². The maximum absolute atomic E-state index is 10.3. The lowest BCUT2D eigenvalue weighted by Crippen LogP contribution is -2.31. The summed E-state index contributed by atoms with van der Waals surface area (Å²) in [4.78, 5) is 10.3. The van der Waals surface area contributed by atoms with E-state index < -0.39 is 0 Å². The van der Waals surface area contributed by atoms with Crippen LogP contribution in [0.2, 0.25) is 0 Å².